The summed E-state index contributed by atoms with van der Waals surface area (Å²) in [6, 6.07) is 0. The lowest BCUT2D eigenvalue weighted by Gasteiger charge is -2.26. The summed E-state index contributed by atoms with van der Waals surface area (Å²) in [6.45, 7) is 10.0. The molecule has 0 aliphatic rings. The molecule has 0 rings (SSSR count). The number of hydrogen-bond acceptors (Lipinski definition) is 2. The average molecular weight is 172 g/mol. The van der Waals surface area contributed by atoms with Gasteiger partial charge in [0.1, 0.15) is 0 Å². The van der Waals surface area contributed by atoms with Gasteiger partial charge in [-0.05, 0) is 24.2 Å². The summed E-state index contributed by atoms with van der Waals surface area (Å²) in [4.78, 5) is 9.82. The van der Waals surface area contributed by atoms with Crippen LogP contribution in [0.2, 0.25) is 0 Å². The zero-order valence-corrected chi connectivity index (χ0v) is 8.59. The molecule has 0 saturated carbocycles. The number of rotatable bonds is 5. The zero-order valence-electron chi connectivity index (χ0n) is 8.59. The molecule has 0 N–H and O–H groups in total. The minimum atomic E-state index is 0.362. The van der Waals surface area contributed by atoms with Crippen molar-refractivity contribution in [1.29, 1.82) is 0 Å². The van der Waals surface area contributed by atoms with E-state index in [0.29, 0.717) is 24.4 Å². The number of carbonyl (C=O) groups excluding carboxylic acids is 1. The van der Waals surface area contributed by atoms with Crippen molar-refractivity contribution in [2.24, 2.45) is 11.3 Å². The molecule has 0 heterocycles. The van der Waals surface area contributed by atoms with Gasteiger partial charge in [0.2, 0.25) is 0 Å². The van der Waals surface area contributed by atoms with Crippen LogP contribution in [0.25, 0.3) is 0 Å². The molecule has 2 heteroatoms. The highest BCUT2D eigenvalue weighted by atomic mass is 16.5. The van der Waals surface area contributed by atoms with Gasteiger partial charge in [0, 0.05) is 0 Å². The van der Waals surface area contributed by atoms with Gasteiger partial charge in [-0.25, -0.2) is 0 Å². The van der Waals surface area contributed by atoms with Gasteiger partial charge in [-0.1, -0.05) is 27.7 Å². The van der Waals surface area contributed by atoms with Crippen LogP contribution in [0.5, 0.6) is 0 Å². The molecular weight excluding hydrogens is 152 g/mol. The lowest BCUT2D eigenvalue weighted by Crippen LogP contribution is -2.17. The van der Waals surface area contributed by atoms with E-state index in [4.69, 9.17) is 0 Å². The smallest absolute Gasteiger partial charge is 0.293 e. The molecule has 0 aromatic heterocycles. The summed E-state index contributed by atoms with van der Waals surface area (Å²) in [5.41, 5.74) is 0.362. The second-order valence-electron chi connectivity index (χ2n) is 4.38. The maximum absolute atomic E-state index is 9.82. The molecule has 1 atom stereocenters. The van der Waals surface area contributed by atoms with E-state index in [-0.39, 0.29) is 0 Å². The summed E-state index contributed by atoms with van der Waals surface area (Å²) < 4.78 is 4.62. The van der Waals surface area contributed by atoms with Crippen LogP contribution < -0.4 is 0 Å². The van der Waals surface area contributed by atoms with Crippen molar-refractivity contribution in [2.75, 3.05) is 6.61 Å². The maximum atomic E-state index is 9.82. The first-order valence-corrected chi connectivity index (χ1v) is 4.53. The Morgan fingerprint density at radius 1 is 1.42 bits per heavy atom. The monoisotopic (exact) mass is 172 g/mol. The van der Waals surface area contributed by atoms with Gasteiger partial charge >= 0.3 is 0 Å². The fourth-order valence-corrected chi connectivity index (χ4v) is 0.954. The molecule has 0 aromatic carbocycles. The molecule has 0 amide bonds. The first-order valence-electron chi connectivity index (χ1n) is 4.53. The van der Waals surface area contributed by atoms with Gasteiger partial charge in [0.25, 0.3) is 6.47 Å². The number of hydrogen-bond donors (Lipinski definition) is 0. The minimum Gasteiger partial charge on any atom is -0.468 e. The second-order valence-corrected chi connectivity index (χ2v) is 4.38. The van der Waals surface area contributed by atoms with Gasteiger partial charge in [0.15, 0.2) is 0 Å². The molecule has 0 aliphatic carbocycles. The summed E-state index contributed by atoms with van der Waals surface area (Å²) in [5.74, 6) is 0.674. The average Bonchev–Trinajstić information content (AvgIpc) is 1.96. The van der Waals surface area contributed by atoms with Crippen LogP contribution in [0, 0.1) is 11.3 Å². The summed E-state index contributed by atoms with van der Waals surface area (Å²) in [7, 11) is 0. The zero-order chi connectivity index (χ0) is 9.61. The highest BCUT2D eigenvalue weighted by molar-refractivity contribution is 5.36. The Morgan fingerprint density at radius 2 is 2.00 bits per heavy atom. The van der Waals surface area contributed by atoms with Crippen molar-refractivity contribution in [2.45, 2.75) is 40.5 Å². The first-order chi connectivity index (χ1) is 5.48. The Morgan fingerprint density at radius 3 is 2.42 bits per heavy atom. The second kappa shape index (κ2) is 5.18. The number of carbonyl (C=O) groups is 1. The Kier molecular flexibility index (Phi) is 4.95. The molecular formula is C10H20O2. The Balaban J connectivity index is 3.44. The van der Waals surface area contributed by atoms with Crippen LogP contribution >= 0.6 is 0 Å². The van der Waals surface area contributed by atoms with E-state index in [1.165, 1.54) is 0 Å². The van der Waals surface area contributed by atoms with Crippen molar-refractivity contribution in [3.63, 3.8) is 0 Å². The normalized spacial score (nSPS) is 14.0. The van der Waals surface area contributed by atoms with E-state index in [1.54, 1.807) is 0 Å². The van der Waals surface area contributed by atoms with Crippen molar-refractivity contribution in [3.8, 4) is 0 Å². The molecule has 0 spiro atoms. The van der Waals surface area contributed by atoms with Crippen LogP contribution in [0.15, 0.2) is 0 Å². The third-order valence-electron chi connectivity index (χ3n) is 2.45. The van der Waals surface area contributed by atoms with Crippen LogP contribution in [0.3, 0.4) is 0 Å². The lowest BCUT2D eigenvalue weighted by molar-refractivity contribution is -0.128. The SMILES string of the molecule is CC(CCCOC=O)C(C)(C)C. The molecule has 72 valence electrons. The fraction of sp³-hybridized carbons (Fsp3) is 0.900. The van der Waals surface area contributed by atoms with Gasteiger partial charge in [-0.3, -0.25) is 4.79 Å². The molecule has 0 radical (unpaired) electrons. The molecule has 12 heavy (non-hydrogen) atoms. The summed E-state index contributed by atoms with van der Waals surface area (Å²) in [5, 5.41) is 0. The van der Waals surface area contributed by atoms with Crippen molar-refractivity contribution < 1.29 is 9.53 Å². The molecule has 1 unspecified atom stereocenters. The minimum absolute atomic E-state index is 0.362. The Labute approximate surface area is 75.3 Å². The van der Waals surface area contributed by atoms with Crippen LogP contribution in [-0.4, -0.2) is 13.1 Å². The molecule has 0 bridgehead atoms. The van der Waals surface area contributed by atoms with E-state index in [0.717, 1.165) is 12.8 Å². The Bertz CT molecular complexity index is 124. The van der Waals surface area contributed by atoms with Gasteiger partial charge < -0.3 is 4.74 Å². The third kappa shape index (κ3) is 5.16. The van der Waals surface area contributed by atoms with E-state index in [9.17, 15) is 4.79 Å². The summed E-state index contributed by atoms with van der Waals surface area (Å²) in [6.07, 6.45) is 2.09. The van der Waals surface area contributed by atoms with E-state index in [2.05, 4.69) is 32.4 Å². The van der Waals surface area contributed by atoms with Crippen LogP contribution in [0.4, 0.5) is 0 Å². The Hall–Kier alpha value is -0.530. The van der Waals surface area contributed by atoms with E-state index >= 15 is 0 Å². The standard InChI is InChI=1S/C10H20O2/c1-9(10(2,3)4)6-5-7-12-8-11/h8-9H,5-7H2,1-4H3. The third-order valence-corrected chi connectivity index (χ3v) is 2.45. The molecule has 0 saturated heterocycles. The van der Waals surface area contributed by atoms with Crippen LogP contribution in [-0.2, 0) is 9.53 Å². The quantitative estimate of drug-likeness (QED) is 0.470. The predicted molar refractivity (Wildman–Crippen MR) is 49.9 cm³/mol. The number of ether oxygens (including phenoxy) is 1. The van der Waals surface area contributed by atoms with Gasteiger partial charge in [-0.15, -0.1) is 0 Å². The van der Waals surface area contributed by atoms with Crippen molar-refractivity contribution in [3.05, 3.63) is 0 Å². The van der Waals surface area contributed by atoms with E-state index < -0.39 is 0 Å². The largest absolute Gasteiger partial charge is 0.468 e. The molecule has 2 nitrogen and oxygen atoms in total. The lowest BCUT2D eigenvalue weighted by atomic mass is 9.79. The van der Waals surface area contributed by atoms with Crippen LogP contribution in [0.1, 0.15) is 40.5 Å². The summed E-state index contributed by atoms with van der Waals surface area (Å²) >= 11 is 0. The highest BCUT2D eigenvalue weighted by Gasteiger charge is 2.18. The van der Waals surface area contributed by atoms with E-state index in [1.807, 2.05) is 0 Å². The van der Waals surface area contributed by atoms with Crippen molar-refractivity contribution >= 4 is 6.47 Å². The van der Waals surface area contributed by atoms with Gasteiger partial charge in [0.05, 0.1) is 6.61 Å². The molecule has 0 aliphatic heterocycles. The molecule has 0 fully saturated rings. The highest BCUT2D eigenvalue weighted by Crippen LogP contribution is 2.28. The maximum Gasteiger partial charge on any atom is 0.293 e. The molecule has 0 aromatic rings. The van der Waals surface area contributed by atoms with Crippen molar-refractivity contribution in [1.82, 2.24) is 0 Å². The van der Waals surface area contributed by atoms with Gasteiger partial charge in [-0.2, -0.15) is 0 Å². The first kappa shape index (κ1) is 11.5. The fourth-order valence-electron chi connectivity index (χ4n) is 0.954. The topological polar surface area (TPSA) is 26.3 Å². The predicted octanol–water partition coefficient (Wildman–Crippen LogP) is 2.62.